The lowest BCUT2D eigenvalue weighted by Gasteiger charge is -2.22. The molecule has 1 nitrogen and oxygen atoms in total. The summed E-state index contributed by atoms with van der Waals surface area (Å²) in [6.07, 6.45) is 0.850. The summed E-state index contributed by atoms with van der Waals surface area (Å²) in [7, 11) is 0. The predicted molar refractivity (Wildman–Crippen MR) is 82.3 cm³/mol. The summed E-state index contributed by atoms with van der Waals surface area (Å²) in [5.41, 5.74) is 2.82. The van der Waals surface area contributed by atoms with E-state index in [1.165, 1.54) is 11.1 Å². The molecular weight excluding hydrogens is 252 g/mol. The molecule has 0 bridgehead atoms. The van der Waals surface area contributed by atoms with E-state index in [1.807, 2.05) is 30.0 Å². The maximum Gasteiger partial charge on any atom is 0.0997 e. The van der Waals surface area contributed by atoms with E-state index in [0.717, 1.165) is 17.7 Å². The molecule has 0 saturated carbocycles. The molecule has 0 aromatic heterocycles. The number of hydrogen-bond donors (Lipinski definition) is 1. The van der Waals surface area contributed by atoms with Crippen molar-refractivity contribution in [2.24, 2.45) is 0 Å². The predicted octanol–water partition coefficient (Wildman–Crippen LogP) is 4.07. The molecule has 19 heavy (non-hydrogen) atoms. The Morgan fingerprint density at radius 2 is 1.63 bits per heavy atom. The van der Waals surface area contributed by atoms with Crippen molar-refractivity contribution in [3.8, 4) is 11.1 Å². The van der Waals surface area contributed by atoms with Crippen molar-refractivity contribution < 1.29 is 5.11 Å². The van der Waals surface area contributed by atoms with Crippen LogP contribution in [0.15, 0.2) is 54.6 Å². The summed E-state index contributed by atoms with van der Waals surface area (Å²) in [4.78, 5) is 0. The number of hydrogen-bond acceptors (Lipinski definition) is 2. The molecule has 2 atom stereocenters. The molecule has 2 aromatic rings. The van der Waals surface area contributed by atoms with Gasteiger partial charge in [-0.15, -0.1) is 0 Å². The molecule has 98 valence electrons. The second-order valence-electron chi connectivity index (χ2n) is 5.30. The summed E-state index contributed by atoms with van der Waals surface area (Å²) in [6, 6.07) is 18.7. The van der Waals surface area contributed by atoms with Crippen LogP contribution in [0.2, 0.25) is 0 Å². The molecule has 1 saturated heterocycles. The maximum atomic E-state index is 10.7. The minimum absolute atomic E-state index is 0.541. The van der Waals surface area contributed by atoms with Gasteiger partial charge in [-0.05, 0) is 23.1 Å². The molecule has 1 aliphatic heterocycles. The third-order valence-electron chi connectivity index (χ3n) is 3.76. The van der Waals surface area contributed by atoms with E-state index >= 15 is 0 Å². The lowest BCUT2D eigenvalue weighted by molar-refractivity contribution is 0.0612. The second kappa shape index (κ2) is 5.03. The highest BCUT2D eigenvalue weighted by Gasteiger charge is 2.37. The molecule has 0 spiro atoms. The molecule has 0 radical (unpaired) electrons. The molecular formula is C17H18OS. The van der Waals surface area contributed by atoms with Crippen LogP contribution in [0.1, 0.15) is 18.9 Å². The lowest BCUT2D eigenvalue weighted by atomic mass is 9.90. The molecule has 2 heteroatoms. The van der Waals surface area contributed by atoms with Crippen LogP contribution in [0.4, 0.5) is 0 Å². The molecule has 2 unspecified atom stereocenters. The molecule has 3 rings (SSSR count). The fraction of sp³-hybridized carbons (Fsp3) is 0.294. The number of benzene rings is 2. The van der Waals surface area contributed by atoms with Gasteiger partial charge in [0.1, 0.15) is 0 Å². The van der Waals surface area contributed by atoms with Crippen LogP contribution in [0.25, 0.3) is 11.1 Å². The maximum absolute atomic E-state index is 10.7. The van der Waals surface area contributed by atoms with Crippen LogP contribution in [-0.4, -0.2) is 16.1 Å². The van der Waals surface area contributed by atoms with E-state index in [4.69, 9.17) is 0 Å². The van der Waals surface area contributed by atoms with Gasteiger partial charge in [-0.1, -0.05) is 61.5 Å². The fourth-order valence-electron chi connectivity index (χ4n) is 2.68. The second-order valence-corrected chi connectivity index (χ2v) is 6.73. The van der Waals surface area contributed by atoms with Gasteiger partial charge in [0.25, 0.3) is 0 Å². The Bertz CT molecular complexity index is 549. The van der Waals surface area contributed by atoms with Gasteiger partial charge in [-0.3, -0.25) is 0 Å². The average molecular weight is 270 g/mol. The quantitative estimate of drug-likeness (QED) is 0.887. The minimum Gasteiger partial charge on any atom is -0.384 e. The first kappa shape index (κ1) is 12.8. The summed E-state index contributed by atoms with van der Waals surface area (Å²) in [5, 5.41) is 11.2. The first-order valence-electron chi connectivity index (χ1n) is 6.67. The van der Waals surface area contributed by atoms with Crippen molar-refractivity contribution in [3.05, 3.63) is 60.2 Å². The zero-order valence-corrected chi connectivity index (χ0v) is 11.9. The third-order valence-corrected chi connectivity index (χ3v) is 5.14. The first-order chi connectivity index (χ1) is 9.17. The van der Waals surface area contributed by atoms with Crippen molar-refractivity contribution >= 4 is 11.8 Å². The summed E-state index contributed by atoms with van der Waals surface area (Å²) >= 11 is 1.85. The third kappa shape index (κ3) is 2.56. The highest BCUT2D eigenvalue weighted by atomic mass is 32.2. The van der Waals surface area contributed by atoms with Gasteiger partial charge in [0.05, 0.1) is 5.60 Å². The minimum atomic E-state index is -0.640. The SMILES string of the molecule is CC1CC(O)(c2ccc(-c3ccccc3)cc2)CS1. The van der Waals surface area contributed by atoms with E-state index in [-0.39, 0.29) is 0 Å². The number of thioether (sulfide) groups is 1. The molecule has 1 fully saturated rings. The summed E-state index contributed by atoms with van der Waals surface area (Å²) < 4.78 is 0. The van der Waals surface area contributed by atoms with Gasteiger partial charge in [0, 0.05) is 11.0 Å². The molecule has 1 N–H and O–H groups in total. The number of aliphatic hydroxyl groups is 1. The molecule has 0 aliphatic carbocycles. The molecule has 1 heterocycles. The highest BCUT2D eigenvalue weighted by Crippen LogP contribution is 2.41. The van der Waals surface area contributed by atoms with Gasteiger partial charge in [-0.25, -0.2) is 0 Å². The Morgan fingerprint density at radius 1 is 1.00 bits per heavy atom. The van der Waals surface area contributed by atoms with Gasteiger partial charge in [0.15, 0.2) is 0 Å². The summed E-state index contributed by atoms with van der Waals surface area (Å²) in [6.45, 7) is 2.18. The van der Waals surface area contributed by atoms with Crippen molar-refractivity contribution in [1.29, 1.82) is 0 Å². The Balaban J connectivity index is 1.87. The van der Waals surface area contributed by atoms with Crippen LogP contribution in [0.3, 0.4) is 0 Å². The normalized spacial score (nSPS) is 26.5. The van der Waals surface area contributed by atoms with Crippen molar-refractivity contribution in [2.45, 2.75) is 24.2 Å². The van der Waals surface area contributed by atoms with Gasteiger partial charge >= 0.3 is 0 Å². The average Bonchev–Trinajstić information content (AvgIpc) is 2.81. The van der Waals surface area contributed by atoms with Crippen molar-refractivity contribution in [1.82, 2.24) is 0 Å². The van der Waals surface area contributed by atoms with Gasteiger partial charge in [-0.2, -0.15) is 11.8 Å². The van der Waals surface area contributed by atoms with E-state index in [0.29, 0.717) is 5.25 Å². The Kier molecular flexibility index (Phi) is 3.38. The van der Waals surface area contributed by atoms with Crippen LogP contribution in [0, 0.1) is 0 Å². The van der Waals surface area contributed by atoms with E-state index < -0.39 is 5.60 Å². The Labute approximate surface area is 118 Å². The lowest BCUT2D eigenvalue weighted by Crippen LogP contribution is -2.25. The van der Waals surface area contributed by atoms with Crippen LogP contribution >= 0.6 is 11.8 Å². The largest absolute Gasteiger partial charge is 0.384 e. The smallest absolute Gasteiger partial charge is 0.0997 e. The topological polar surface area (TPSA) is 20.2 Å². The Hall–Kier alpha value is -1.25. The van der Waals surface area contributed by atoms with Crippen molar-refractivity contribution in [3.63, 3.8) is 0 Å². The molecule has 1 aliphatic rings. The summed E-state index contributed by atoms with van der Waals surface area (Å²) in [5.74, 6) is 0.804. The monoisotopic (exact) mass is 270 g/mol. The Morgan fingerprint density at radius 3 is 2.21 bits per heavy atom. The van der Waals surface area contributed by atoms with Crippen molar-refractivity contribution in [2.75, 3.05) is 5.75 Å². The molecule has 2 aromatic carbocycles. The van der Waals surface area contributed by atoms with E-state index in [2.05, 4.69) is 43.3 Å². The fourth-order valence-corrected chi connectivity index (χ4v) is 3.92. The zero-order valence-electron chi connectivity index (χ0n) is 11.0. The van der Waals surface area contributed by atoms with Gasteiger partial charge in [0.2, 0.25) is 0 Å². The number of rotatable bonds is 2. The standard InChI is InChI=1S/C17H18OS/c1-13-11-17(18,12-19-13)16-9-7-15(8-10-16)14-5-3-2-4-6-14/h2-10,13,18H,11-12H2,1H3. The zero-order chi connectivity index (χ0) is 13.3. The van der Waals surface area contributed by atoms with Crippen LogP contribution in [0.5, 0.6) is 0 Å². The van der Waals surface area contributed by atoms with Gasteiger partial charge < -0.3 is 5.11 Å². The highest BCUT2D eigenvalue weighted by molar-refractivity contribution is 8.00. The van der Waals surface area contributed by atoms with E-state index in [1.54, 1.807) is 0 Å². The van der Waals surface area contributed by atoms with Crippen LogP contribution in [-0.2, 0) is 5.60 Å². The van der Waals surface area contributed by atoms with Crippen LogP contribution < -0.4 is 0 Å². The molecule has 0 amide bonds. The van der Waals surface area contributed by atoms with E-state index in [9.17, 15) is 5.11 Å². The first-order valence-corrected chi connectivity index (χ1v) is 7.72.